The van der Waals surface area contributed by atoms with Gasteiger partial charge in [-0.3, -0.25) is 4.79 Å². The summed E-state index contributed by atoms with van der Waals surface area (Å²) in [6.45, 7) is 10.0. The molecular weight excluding hydrogens is 540 g/mol. The van der Waals surface area contributed by atoms with Crippen LogP contribution in [0.15, 0.2) is 42.1 Å². The van der Waals surface area contributed by atoms with Crippen LogP contribution >= 0.6 is 0 Å². The molecule has 0 saturated carbocycles. The molecule has 42 heavy (non-hydrogen) atoms. The van der Waals surface area contributed by atoms with Crippen molar-refractivity contribution < 1.29 is 38.0 Å². The van der Waals surface area contributed by atoms with Crippen LogP contribution in [0.25, 0.3) is 0 Å². The molecular formula is C32H54N2O8. The van der Waals surface area contributed by atoms with Crippen molar-refractivity contribution in [1.29, 1.82) is 0 Å². The standard InChI is InChI=1S/C32H54N2O8/c1-3-9-29(34-15-8-7-12-30(34)31(32(35)36-2)28-10-5-4-6-11-28)13-16-37-18-20-39-22-24-41-26-27-42-25-23-40-21-19-38-17-14-33/h4-6,9-11,30-31H,3,7-8,12-27,33H2,1-2H3/b29-9+. The number of hydrogen-bond donors (Lipinski definition) is 1. The molecule has 1 aliphatic heterocycles. The van der Waals surface area contributed by atoms with Crippen LogP contribution in [0.5, 0.6) is 0 Å². The number of nitrogens with two attached hydrogens (primary N) is 1. The summed E-state index contributed by atoms with van der Waals surface area (Å²) in [4.78, 5) is 15.4. The maximum absolute atomic E-state index is 12.9. The van der Waals surface area contributed by atoms with E-state index in [1.165, 1.54) is 12.8 Å². The number of carbonyl (C=O) groups excluding carboxylic acids is 1. The number of rotatable bonds is 25. The topological polar surface area (TPSA) is 111 Å². The molecule has 0 radical (unpaired) electrons. The molecule has 2 unspecified atom stereocenters. The van der Waals surface area contributed by atoms with Gasteiger partial charge in [-0.15, -0.1) is 0 Å². The predicted octanol–water partition coefficient (Wildman–Crippen LogP) is 3.54. The van der Waals surface area contributed by atoms with E-state index in [4.69, 9.17) is 38.9 Å². The van der Waals surface area contributed by atoms with E-state index in [0.717, 1.165) is 44.2 Å². The van der Waals surface area contributed by atoms with Crippen LogP contribution in [0, 0.1) is 0 Å². The highest BCUT2D eigenvalue weighted by atomic mass is 16.6. The Morgan fingerprint density at radius 3 is 1.86 bits per heavy atom. The fourth-order valence-corrected chi connectivity index (χ4v) is 5.02. The Kier molecular flexibility index (Phi) is 21.0. The number of allylic oxidation sites excluding steroid dienone is 1. The van der Waals surface area contributed by atoms with E-state index in [0.29, 0.717) is 85.8 Å². The molecule has 1 saturated heterocycles. The van der Waals surface area contributed by atoms with Gasteiger partial charge in [0.05, 0.1) is 86.4 Å². The minimum Gasteiger partial charge on any atom is -0.468 e. The van der Waals surface area contributed by atoms with Crippen molar-refractivity contribution >= 4 is 5.97 Å². The molecule has 2 rings (SSSR count). The Morgan fingerprint density at radius 1 is 0.833 bits per heavy atom. The first-order valence-electron chi connectivity index (χ1n) is 15.5. The van der Waals surface area contributed by atoms with Gasteiger partial charge in [0, 0.05) is 31.2 Å². The lowest BCUT2D eigenvalue weighted by atomic mass is 9.84. The van der Waals surface area contributed by atoms with Crippen molar-refractivity contribution in [2.24, 2.45) is 5.73 Å². The minimum absolute atomic E-state index is 0.0696. The molecule has 1 aromatic rings. The Bertz CT molecular complexity index is 826. The Balaban J connectivity index is 1.59. The first-order valence-corrected chi connectivity index (χ1v) is 15.5. The Labute approximate surface area is 252 Å². The highest BCUT2D eigenvalue weighted by Crippen LogP contribution is 2.34. The summed E-state index contributed by atoms with van der Waals surface area (Å²) in [6, 6.07) is 10.1. The van der Waals surface area contributed by atoms with E-state index in [-0.39, 0.29) is 17.9 Å². The van der Waals surface area contributed by atoms with Gasteiger partial charge in [0.15, 0.2) is 0 Å². The van der Waals surface area contributed by atoms with Gasteiger partial charge < -0.3 is 43.8 Å². The van der Waals surface area contributed by atoms with Crippen LogP contribution in [0.3, 0.4) is 0 Å². The monoisotopic (exact) mass is 594 g/mol. The number of likely N-dealkylation sites (tertiary alicyclic amines) is 1. The molecule has 0 amide bonds. The molecule has 1 fully saturated rings. The number of benzene rings is 1. The Morgan fingerprint density at radius 2 is 1.36 bits per heavy atom. The first kappa shape index (κ1) is 36.1. The third-order valence-electron chi connectivity index (χ3n) is 6.98. The minimum atomic E-state index is -0.314. The largest absolute Gasteiger partial charge is 0.468 e. The maximum atomic E-state index is 12.9. The molecule has 0 aromatic heterocycles. The molecule has 10 heteroatoms. The van der Waals surface area contributed by atoms with E-state index < -0.39 is 0 Å². The predicted molar refractivity (Wildman–Crippen MR) is 163 cm³/mol. The van der Waals surface area contributed by atoms with Crippen LogP contribution in [0.4, 0.5) is 0 Å². The molecule has 2 N–H and O–H groups in total. The molecule has 0 aliphatic carbocycles. The van der Waals surface area contributed by atoms with Gasteiger partial charge in [0.1, 0.15) is 5.92 Å². The molecule has 0 bridgehead atoms. The van der Waals surface area contributed by atoms with Crippen LogP contribution in [0.2, 0.25) is 0 Å². The van der Waals surface area contributed by atoms with Gasteiger partial charge in [-0.1, -0.05) is 43.3 Å². The van der Waals surface area contributed by atoms with Crippen molar-refractivity contribution in [2.75, 3.05) is 99.5 Å². The van der Waals surface area contributed by atoms with Crippen molar-refractivity contribution in [3.63, 3.8) is 0 Å². The average Bonchev–Trinajstić information content (AvgIpc) is 3.02. The third-order valence-corrected chi connectivity index (χ3v) is 6.98. The van der Waals surface area contributed by atoms with Crippen molar-refractivity contribution in [3.8, 4) is 0 Å². The SMILES string of the molecule is CC/C=C(\CCOCCOCCOCCOCCOCCOCCN)N1CCCCC1C(C(=O)OC)c1ccccc1. The smallest absolute Gasteiger partial charge is 0.315 e. The van der Waals surface area contributed by atoms with Crippen molar-refractivity contribution in [1.82, 2.24) is 4.90 Å². The van der Waals surface area contributed by atoms with Crippen LogP contribution in [-0.2, 0) is 38.0 Å². The zero-order valence-corrected chi connectivity index (χ0v) is 25.8. The van der Waals surface area contributed by atoms with Gasteiger partial charge in [-0.05, 0) is 31.2 Å². The zero-order chi connectivity index (χ0) is 30.1. The lowest BCUT2D eigenvalue weighted by molar-refractivity contribution is -0.144. The number of piperidine rings is 1. The van der Waals surface area contributed by atoms with Crippen molar-refractivity contribution in [2.45, 2.75) is 51.0 Å². The molecule has 2 atom stereocenters. The maximum Gasteiger partial charge on any atom is 0.315 e. The number of hydrogen-bond acceptors (Lipinski definition) is 10. The van der Waals surface area contributed by atoms with Gasteiger partial charge in [-0.2, -0.15) is 0 Å². The second-order valence-electron chi connectivity index (χ2n) is 9.98. The molecule has 1 aromatic carbocycles. The summed E-state index contributed by atoms with van der Waals surface area (Å²) in [5.41, 5.74) is 7.60. The summed E-state index contributed by atoms with van der Waals surface area (Å²) in [6.07, 6.45) is 7.17. The summed E-state index contributed by atoms with van der Waals surface area (Å²) >= 11 is 0. The van der Waals surface area contributed by atoms with E-state index in [2.05, 4.69) is 17.9 Å². The number of carbonyl (C=O) groups is 1. The molecule has 0 spiro atoms. The van der Waals surface area contributed by atoms with E-state index in [1.807, 2.05) is 30.3 Å². The van der Waals surface area contributed by atoms with E-state index in [9.17, 15) is 4.79 Å². The molecule has 1 heterocycles. The quantitative estimate of drug-likeness (QED) is 0.133. The lowest BCUT2D eigenvalue weighted by Gasteiger charge is -2.42. The first-order chi connectivity index (χ1) is 20.7. The third kappa shape index (κ3) is 14.9. The summed E-state index contributed by atoms with van der Waals surface area (Å²) < 4.78 is 38.4. The van der Waals surface area contributed by atoms with Gasteiger partial charge >= 0.3 is 5.97 Å². The lowest BCUT2D eigenvalue weighted by Crippen LogP contribution is -2.45. The normalized spacial score (nSPS) is 16.5. The van der Waals surface area contributed by atoms with E-state index >= 15 is 0 Å². The zero-order valence-electron chi connectivity index (χ0n) is 25.8. The van der Waals surface area contributed by atoms with Crippen LogP contribution in [-0.4, -0.2) is 116 Å². The van der Waals surface area contributed by atoms with E-state index in [1.54, 1.807) is 0 Å². The highest BCUT2D eigenvalue weighted by Gasteiger charge is 2.37. The summed E-state index contributed by atoms with van der Waals surface area (Å²) in [5.74, 6) is -0.490. The fourth-order valence-electron chi connectivity index (χ4n) is 5.02. The van der Waals surface area contributed by atoms with Gasteiger partial charge in [0.25, 0.3) is 0 Å². The number of methoxy groups -OCH3 is 1. The summed E-state index contributed by atoms with van der Waals surface area (Å²) in [7, 11) is 1.48. The molecule has 240 valence electrons. The molecule has 10 nitrogen and oxygen atoms in total. The van der Waals surface area contributed by atoms with Crippen LogP contribution in [0.1, 0.15) is 50.5 Å². The average molecular weight is 595 g/mol. The van der Waals surface area contributed by atoms with Crippen LogP contribution < -0.4 is 5.73 Å². The van der Waals surface area contributed by atoms with Crippen molar-refractivity contribution in [3.05, 3.63) is 47.7 Å². The summed E-state index contributed by atoms with van der Waals surface area (Å²) in [5, 5.41) is 0. The van der Waals surface area contributed by atoms with Gasteiger partial charge in [0.2, 0.25) is 0 Å². The second-order valence-corrected chi connectivity index (χ2v) is 9.98. The molecule has 1 aliphatic rings. The fraction of sp³-hybridized carbons (Fsp3) is 0.719. The number of nitrogens with zero attached hydrogens (tertiary/aromatic N) is 1. The number of ether oxygens (including phenoxy) is 7. The number of esters is 1. The highest BCUT2D eigenvalue weighted by molar-refractivity contribution is 5.79. The Hall–Kier alpha value is -2.05. The van der Waals surface area contributed by atoms with Gasteiger partial charge in [-0.25, -0.2) is 0 Å². The second kappa shape index (κ2) is 24.4.